The molecule has 1 aromatic heterocycles. The van der Waals surface area contributed by atoms with Gasteiger partial charge in [-0.3, -0.25) is 0 Å². The number of nitrogen functional groups attached to an aromatic ring is 1. The van der Waals surface area contributed by atoms with Crippen molar-refractivity contribution in [2.45, 2.75) is 12.6 Å². The van der Waals surface area contributed by atoms with Gasteiger partial charge in [0.2, 0.25) is 0 Å². The number of aromatic nitrogens is 1. The van der Waals surface area contributed by atoms with Crippen LogP contribution >= 0.6 is 0 Å². The lowest BCUT2D eigenvalue weighted by Crippen LogP contribution is -2.16. The number of rotatable bonds is 4. The summed E-state index contributed by atoms with van der Waals surface area (Å²) < 4.78 is 35.6. The van der Waals surface area contributed by atoms with E-state index in [2.05, 4.69) is 10.3 Å². The molecule has 0 bridgehead atoms. The largest absolute Gasteiger partial charge is 0.478 e. The number of carboxylic acids is 1. The molecule has 0 aliphatic carbocycles. The molecule has 0 atom stereocenters. The highest BCUT2D eigenvalue weighted by Crippen LogP contribution is 2.21. The second-order valence-electron chi connectivity index (χ2n) is 3.26. The van der Waals surface area contributed by atoms with Crippen LogP contribution in [0.5, 0.6) is 0 Å². The van der Waals surface area contributed by atoms with Crippen molar-refractivity contribution in [2.75, 3.05) is 17.6 Å². The van der Waals surface area contributed by atoms with Crippen LogP contribution in [-0.2, 0) is 0 Å². The number of nitrogens with two attached hydrogens (primary N) is 1. The van der Waals surface area contributed by atoms with Crippen LogP contribution in [0, 0.1) is 0 Å². The van der Waals surface area contributed by atoms with E-state index in [1.165, 1.54) is 0 Å². The molecule has 0 aromatic carbocycles. The highest BCUT2D eigenvalue weighted by Gasteiger charge is 2.26. The first-order valence-electron chi connectivity index (χ1n) is 4.59. The molecule has 0 amide bonds. The van der Waals surface area contributed by atoms with Crippen molar-refractivity contribution in [1.82, 2.24) is 4.98 Å². The summed E-state index contributed by atoms with van der Waals surface area (Å²) in [6.07, 6.45) is -4.26. The van der Waals surface area contributed by atoms with E-state index in [0.29, 0.717) is 0 Å². The molecule has 0 aliphatic heterocycles. The lowest BCUT2D eigenvalue weighted by Gasteiger charge is -2.10. The summed E-state index contributed by atoms with van der Waals surface area (Å²) in [7, 11) is 0. The predicted molar refractivity (Wildman–Crippen MR) is 54.8 cm³/mol. The first kappa shape index (κ1) is 13.1. The average Bonchev–Trinajstić information content (AvgIpc) is 2.18. The van der Waals surface area contributed by atoms with Gasteiger partial charge in [0.1, 0.15) is 5.82 Å². The van der Waals surface area contributed by atoms with E-state index in [4.69, 9.17) is 10.8 Å². The van der Waals surface area contributed by atoms with Crippen LogP contribution in [-0.4, -0.2) is 28.8 Å². The van der Waals surface area contributed by atoms with Crippen LogP contribution in [0.3, 0.4) is 0 Å². The van der Waals surface area contributed by atoms with Gasteiger partial charge in [0.05, 0.1) is 17.7 Å². The normalized spacial score (nSPS) is 11.2. The Kier molecular flexibility index (Phi) is 3.77. The molecule has 5 nitrogen and oxygen atoms in total. The topological polar surface area (TPSA) is 88.2 Å². The molecule has 0 saturated carbocycles. The van der Waals surface area contributed by atoms with Crippen molar-refractivity contribution >= 4 is 17.5 Å². The molecule has 0 unspecified atom stereocenters. The Morgan fingerprint density at radius 3 is 2.65 bits per heavy atom. The van der Waals surface area contributed by atoms with Gasteiger partial charge in [-0.25, -0.2) is 9.78 Å². The molecule has 0 spiro atoms. The molecule has 94 valence electrons. The Morgan fingerprint density at radius 1 is 1.53 bits per heavy atom. The van der Waals surface area contributed by atoms with Crippen molar-refractivity contribution in [3.8, 4) is 0 Å². The first-order valence-corrected chi connectivity index (χ1v) is 4.59. The number of alkyl halides is 3. The maximum Gasteiger partial charge on any atom is 0.390 e. The third-order valence-corrected chi connectivity index (χ3v) is 1.87. The zero-order chi connectivity index (χ0) is 13.1. The molecular weight excluding hydrogens is 239 g/mol. The lowest BCUT2D eigenvalue weighted by atomic mass is 10.2. The predicted octanol–water partition coefficient (Wildman–Crippen LogP) is 1.73. The van der Waals surface area contributed by atoms with Crippen molar-refractivity contribution in [3.05, 3.63) is 17.8 Å². The Balaban J connectivity index is 2.64. The van der Waals surface area contributed by atoms with Crippen LogP contribution in [0.4, 0.5) is 24.7 Å². The fourth-order valence-electron chi connectivity index (χ4n) is 1.07. The van der Waals surface area contributed by atoms with Crippen LogP contribution in [0.1, 0.15) is 16.8 Å². The molecule has 0 radical (unpaired) electrons. The maximum absolute atomic E-state index is 11.9. The summed E-state index contributed by atoms with van der Waals surface area (Å²) in [5.74, 6) is -1.16. The third kappa shape index (κ3) is 4.17. The number of nitrogens with zero attached hydrogens (tertiary/aromatic N) is 1. The highest BCUT2D eigenvalue weighted by molar-refractivity contribution is 5.89. The Hall–Kier alpha value is -1.99. The average molecular weight is 249 g/mol. The summed E-state index contributed by atoms with van der Waals surface area (Å²) in [6.45, 7) is -0.368. The number of pyridine rings is 1. The molecule has 17 heavy (non-hydrogen) atoms. The van der Waals surface area contributed by atoms with Gasteiger partial charge in [-0.05, 0) is 6.07 Å². The van der Waals surface area contributed by atoms with E-state index >= 15 is 0 Å². The van der Waals surface area contributed by atoms with Gasteiger partial charge in [-0.15, -0.1) is 0 Å². The molecule has 0 saturated heterocycles. The number of carboxylic acid groups (broad SMARTS) is 1. The minimum atomic E-state index is -4.26. The Bertz CT molecular complexity index is 420. The van der Waals surface area contributed by atoms with Gasteiger partial charge in [-0.2, -0.15) is 13.2 Å². The second-order valence-corrected chi connectivity index (χ2v) is 3.26. The highest BCUT2D eigenvalue weighted by atomic mass is 19.4. The zero-order valence-corrected chi connectivity index (χ0v) is 8.58. The van der Waals surface area contributed by atoms with Gasteiger partial charge in [-0.1, -0.05) is 0 Å². The number of hydrogen-bond acceptors (Lipinski definition) is 4. The summed E-state index contributed by atoms with van der Waals surface area (Å²) >= 11 is 0. The smallest absolute Gasteiger partial charge is 0.390 e. The van der Waals surface area contributed by atoms with Gasteiger partial charge in [0.25, 0.3) is 0 Å². The van der Waals surface area contributed by atoms with Gasteiger partial charge in [0.15, 0.2) is 0 Å². The number of nitrogens with one attached hydrogen (secondary N) is 1. The summed E-state index contributed by atoms with van der Waals surface area (Å²) in [4.78, 5) is 14.2. The molecule has 1 aromatic rings. The summed E-state index contributed by atoms with van der Waals surface area (Å²) in [6, 6.07) is 1.13. The number of halogens is 3. The monoisotopic (exact) mass is 249 g/mol. The number of anilines is 2. The summed E-state index contributed by atoms with van der Waals surface area (Å²) in [5, 5.41) is 11.0. The molecule has 8 heteroatoms. The van der Waals surface area contributed by atoms with Gasteiger partial charge in [0, 0.05) is 12.7 Å². The van der Waals surface area contributed by atoms with E-state index in [1.54, 1.807) is 0 Å². The van der Waals surface area contributed by atoms with Crippen molar-refractivity contribution in [2.24, 2.45) is 0 Å². The quantitative estimate of drug-likeness (QED) is 0.756. The molecule has 0 aliphatic rings. The first-order chi connectivity index (χ1) is 7.79. The van der Waals surface area contributed by atoms with Gasteiger partial charge >= 0.3 is 12.1 Å². The van der Waals surface area contributed by atoms with Crippen molar-refractivity contribution in [3.63, 3.8) is 0 Å². The molecule has 4 N–H and O–H groups in total. The van der Waals surface area contributed by atoms with E-state index in [0.717, 1.165) is 12.3 Å². The van der Waals surface area contributed by atoms with Crippen molar-refractivity contribution in [1.29, 1.82) is 0 Å². The summed E-state index contributed by atoms with van der Waals surface area (Å²) in [5.41, 5.74) is 5.31. The van der Waals surface area contributed by atoms with E-state index < -0.39 is 18.6 Å². The molecular formula is C9H10F3N3O2. The van der Waals surface area contributed by atoms with Crippen LogP contribution in [0.2, 0.25) is 0 Å². The molecule has 0 fully saturated rings. The zero-order valence-electron chi connectivity index (χ0n) is 8.58. The number of carbonyl (C=O) groups is 1. The fourth-order valence-corrected chi connectivity index (χ4v) is 1.07. The van der Waals surface area contributed by atoms with E-state index in [1.807, 2.05) is 0 Å². The SMILES string of the molecule is Nc1cc(C(=O)O)cnc1NCCC(F)(F)F. The number of hydrogen-bond donors (Lipinski definition) is 3. The second kappa shape index (κ2) is 4.89. The van der Waals surface area contributed by atoms with Crippen molar-refractivity contribution < 1.29 is 23.1 Å². The van der Waals surface area contributed by atoms with Crippen LogP contribution < -0.4 is 11.1 Å². The lowest BCUT2D eigenvalue weighted by molar-refractivity contribution is -0.131. The fraction of sp³-hybridized carbons (Fsp3) is 0.333. The minimum Gasteiger partial charge on any atom is -0.478 e. The van der Waals surface area contributed by atoms with Crippen LogP contribution in [0.25, 0.3) is 0 Å². The van der Waals surface area contributed by atoms with Crippen LogP contribution in [0.15, 0.2) is 12.3 Å². The van der Waals surface area contributed by atoms with Gasteiger partial charge < -0.3 is 16.2 Å². The Morgan fingerprint density at radius 2 is 2.18 bits per heavy atom. The number of aromatic carboxylic acids is 1. The van der Waals surface area contributed by atoms with E-state index in [9.17, 15) is 18.0 Å². The Labute approximate surface area is 94.5 Å². The van der Waals surface area contributed by atoms with E-state index in [-0.39, 0.29) is 23.6 Å². The molecule has 1 heterocycles. The standard InChI is InChI=1S/C9H10F3N3O2/c10-9(11,12)1-2-14-7-6(13)3-5(4-15-7)8(16)17/h3-4H,1-2,13H2,(H,14,15)(H,16,17). The molecule has 1 rings (SSSR count). The minimum absolute atomic E-state index is 0.00734. The third-order valence-electron chi connectivity index (χ3n) is 1.87. The maximum atomic E-state index is 11.9.